The van der Waals surface area contributed by atoms with Crippen LogP contribution in [0.1, 0.15) is 40.0 Å². The highest BCUT2D eigenvalue weighted by molar-refractivity contribution is 7.92. The summed E-state index contributed by atoms with van der Waals surface area (Å²) >= 11 is 0. The highest BCUT2D eigenvalue weighted by Gasteiger charge is 2.37. The predicted octanol–water partition coefficient (Wildman–Crippen LogP) is 0.356. The molecule has 1 unspecified atom stereocenters. The summed E-state index contributed by atoms with van der Waals surface area (Å²) in [5, 5.41) is 11.4. The van der Waals surface area contributed by atoms with E-state index in [1.54, 1.807) is 0 Å². The first kappa shape index (κ1) is 23.4. The van der Waals surface area contributed by atoms with Crippen molar-refractivity contribution in [2.75, 3.05) is 19.8 Å². The minimum Gasteiger partial charge on any atom is -0.501 e. The third kappa shape index (κ3) is 4.79. The van der Waals surface area contributed by atoms with Crippen molar-refractivity contribution in [2.45, 2.75) is 31.2 Å². The van der Waals surface area contributed by atoms with Crippen LogP contribution in [0.5, 0.6) is 5.75 Å². The Bertz CT molecular complexity index is 1210. The van der Waals surface area contributed by atoms with E-state index in [0.717, 1.165) is 9.47 Å². The quantitative estimate of drug-likeness (QED) is 0.627. The van der Waals surface area contributed by atoms with Gasteiger partial charge in [0.2, 0.25) is 11.7 Å². The van der Waals surface area contributed by atoms with E-state index in [1.165, 1.54) is 38.4 Å². The fourth-order valence-electron chi connectivity index (χ4n) is 3.36. The average molecular weight is 466 g/mol. The van der Waals surface area contributed by atoms with Crippen LogP contribution in [0, 0.1) is 5.82 Å². The monoisotopic (exact) mass is 466 g/mol. The van der Waals surface area contributed by atoms with Crippen LogP contribution in [0.2, 0.25) is 0 Å². The largest absolute Gasteiger partial charge is 0.501 e. The van der Waals surface area contributed by atoms with Crippen molar-refractivity contribution in [2.24, 2.45) is 0 Å². The number of halogens is 1. The normalized spacial score (nSPS) is 15.7. The van der Waals surface area contributed by atoms with Crippen LogP contribution in [0.25, 0.3) is 0 Å². The number of hydrogen-bond donors (Lipinski definition) is 2. The second kappa shape index (κ2) is 9.07. The highest BCUT2D eigenvalue weighted by atomic mass is 32.2. The number of carbonyl (C=O) groups excluding carboxylic acids is 2. The first-order valence-electron chi connectivity index (χ1n) is 9.79. The average Bonchev–Trinajstić information content (AvgIpc) is 2.74. The van der Waals surface area contributed by atoms with Crippen molar-refractivity contribution in [3.8, 4) is 5.75 Å². The van der Waals surface area contributed by atoms with Gasteiger partial charge in [-0.2, -0.15) is 0 Å². The van der Waals surface area contributed by atoms with Crippen LogP contribution < -0.4 is 10.9 Å². The summed E-state index contributed by atoms with van der Waals surface area (Å²) in [6.45, 7) is 0.0948. The molecule has 172 valence electrons. The number of carbonyl (C=O) groups is 2. The molecule has 0 saturated carbocycles. The Morgan fingerprint density at radius 2 is 1.94 bits per heavy atom. The molecule has 32 heavy (non-hydrogen) atoms. The number of benzene rings is 1. The van der Waals surface area contributed by atoms with Gasteiger partial charge in [-0.3, -0.25) is 19.0 Å². The van der Waals surface area contributed by atoms with Crippen LogP contribution in [0.4, 0.5) is 4.39 Å². The van der Waals surface area contributed by atoms with Crippen LogP contribution in [-0.4, -0.2) is 59.6 Å². The minimum absolute atomic E-state index is 0.0300. The van der Waals surface area contributed by atoms with Crippen LogP contribution in [0.3, 0.4) is 0 Å². The molecular weight excluding hydrogens is 443 g/mol. The summed E-state index contributed by atoms with van der Waals surface area (Å²) in [4.78, 5) is 42.4. The Labute approximate surface area is 183 Å². The first-order chi connectivity index (χ1) is 15.0. The summed E-state index contributed by atoms with van der Waals surface area (Å²) < 4.78 is 39.8. The van der Waals surface area contributed by atoms with Crippen molar-refractivity contribution in [3.05, 3.63) is 57.5 Å². The number of nitrogens with zero attached hydrogens (tertiary/aromatic N) is 3. The lowest BCUT2D eigenvalue weighted by molar-refractivity contribution is -0.125. The van der Waals surface area contributed by atoms with E-state index in [1.807, 2.05) is 0 Å². The molecule has 2 heterocycles. The van der Waals surface area contributed by atoms with E-state index in [0.29, 0.717) is 12.0 Å². The van der Waals surface area contributed by atoms with Gasteiger partial charge in [-0.05, 0) is 30.5 Å². The molecular formula is C20H23FN4O6S. The second-order valence-corrected chi connectivity index (χ2v) is 9.84. The third-order valence-corrected chi connectivity index (χ3v) is 7.11. The van der Waals surface area contributed by atoms with Crippen molar-refractivity contribution in [1.29, 1.82) is 0 Å². The lowest BCUT2D eigenvalue weighted by Crippen LogP contribution is -2.38. The minimum atomic E-state index is -4.03. The van der Waals surface area contributed by atoms with Gasteiger partial charge >= 0.3 is 0 Å². The molecule has 1 aliphatic heterocycles. The Morgan fingerprint density at radius 1 is 1.28 bits per heavy atom. The number of sulfone groups is 1. The van der Waals surface area contributed by atoms with E-state index in [-0.39, 0.29) is 25.3 Å². The number of fused-ring (bicyclic) bond motifs is 1. The Morgan fingerprint density at radius 3 is 2.56 bits per heavy atom. The predicted molar refractivity (Wildman–Crippen MR) is 112 cm³/mol. The fourth-order valence-corrected chi connectivity index (χ4v) is 5.19. The maximum Gasteiger partial charge on any atom is 0.296 e. The van der Waals surface area contributed by atoms with Crippen LogP contribution in [0.15, 0.2) is 29.1 Å². The van der Waals surface area contributed by atoms with Gasteiger partial charge in [-0.15, -0.1) is 0 Å². The molecule has 2 N–H and O–H groups in total. The SMILES string of the molecule is CN(C)C(=O)CS(=O)(=O)C1CCCn2c1nc(C(=O)NCc1ccc(F)cc1)c(O)c2=O. The molecule has 0 radical (unpaired) electrons. The molecule has 2 amide bonds. The van der Waals surface area contributed by atoms with Gasteiger partial charge in [0.1, 0.15) is 22.6 Å². The fraction of sp³-hybridized carbons (Fsp3) is 0.400. The van der Waals surface area contributed by atoms with E-state index in [9.17, 15) is 32.3 Å². The zero-order chi connectivity index (χ0) is 23.6. The van der Waals surface area contributed by atoms with Gasteiger partial charge in [0.15, 0.2) is 15.5 Å². The van der Waals surface area contributed by atoms with E-state index < -0.39 is 55.5 Å². The van der Waals surface area contributed by atoms with Gasteiger partial charge in [0.25, 0.3) is 11.5 Å². The number of hydrogen-bond acceptors (Lipinski definition) is 7. The standard InChI is InChI=1S/C20H23FN4O6S/c1-24(2)15(26)11-32(30,31)14-4-3-9-25-18(14)23-16(17(27)20(25)29)19(28)22-10-12-5-7-13(21)8-6-12/h5-8,14,27H,3-4,9-11H2,1-2H3,(H,22,28). The van der Waals surface area contributed by atoms with Gasteiger partial charge in [-0.25, -0.2) is 17.8 Å². The smallest absolute Gasteiger partial charge is 0.296 e. The molecule has 0 bridgehead atoms. The van der Waals surface area contributed by atoms with Gasteiger partial charge in [0, 0.05) is 27.2 Å². The molecule has 0 fully saturated rings. The molecule has 1 aromatic heterocycles. The lowest BCUT2D eigenvalue weighted by Gasteiger charge is -2.26. The molecule has 0 aliphatic carbocycles. The zero-order valence-electron chi connectivity index (χ0n) is 17.5. The summed E-state index contributed by atoms with van der Waals surface area (Å²) in [5.41, 5.74) is -0.971. The Kier molecular flexibility index (Phi) is 6.63. The van der Waals surface area contributed by atoms with Crippen molar-refractivity contribution in [3.63, 3.8) is 0 Å². The topological polar surface area (TPSA) is 139 Å². The molecule has 12 heteroatoms. The molecule has 1 aliphatic rings. The van der Waals surface area contributed by atoms with Crippen LogP contribution in [-0.2, 0) is 27.7 Å². The number of nitrogens with one attached hydrogen (secondary N) is 1. The van der Waals surface area contributed by atoms with Crippen molar-refractivity contribution in [1.82, 2.24) is 19.8 Å². The maximum atomic E-state index is 13.0. The third-order valence-electron chi connectivity index (χ3n) is 5.15. The van der Waals surface area contributed by atoms with Gasteiger partial charge < -0.3 is 15.3 Å². The first-order valence-corrected chi connectivity index (χ1v) is 11.5. The summed E-state index contributed by atoms with van der Waals surface area (Å²) in [6.07, 6.45) is 0.446. The number of amides is 2. The second-order valence-electron chi connectivity index (χ2n) is 7.66. The van der Waals surface area contributed by atoms with E-state index in [2.05, 4.69) is 10.3 Å². The summed E-state index contributed by atoms with van der Waals surface area (Å²) in [7, 11) is -1.18. The summed E-state index contributed by atoms with van der Waals surface area (Å²) in [5.74, 6) is -3.81. The molecule has 0 spiro atoms. The van der Waals surface area contributed by atoms with Gasteiger partial charge in [-0.1, -0.05) is 12.1 Å². The number of rotatable bonds is 6. The lowest BCUT2D eigenvalue weighted by atomic mass is 10.1. The molecule has 1 atom stereocenters. The van der Waals surface area contributed by atoms with Crippen molar-refractivity contribution < 1.29 is 27.5 Å². The van der Waals surface area contributed by atoms with E-state index >= 15 is 0 Å². The molecule has 3 rings (SSSR count). The molecule has 1 aromatic carbocycles. The number of aromatic hydroxyl groups is 1. The zero-order valence-corrected chi connectivity index (χ0v) is 18.4. The van der Waals surface area contributed by atoms with Gasteiger partial charge in [0.05, 0.1) is 0 Å². The summed E-state index contributed by atoms with van der Waals surface area (Å²) in [6, 6.07) is 5.34. The Balaban J connectivity index is 1.93. The van der Waals surface area contributed by atoms with Crippen molar-refractivity contribution >= 4 is 21.7 Å². The highest BCUT2D eigenvalue weighted by Crippen LogP contribution is 2.31. The molecule has 10 nitrogen and oxygen atoms in total. The maximum absolute atomic E-state index is 13.0. The Hall–Kier alpha value is -3.28. The molecule has 2 aromatic rings. The van der Waals surface area contributed by atoms with Crippen LogP contribution >= 0.6 is 0 Å². The van der Waals surface area contributed by atoms with E-state index in [4.69, 9.17) is 0 Å². The number of aromatic nitrogens is 2. The molecule has 0 saturated heterocycles.